The lowest BCUT2D eigenvalue weighted by Crippen LogP contribution is -2.73. The van der Waals surface area contributed by atoms with Crippen molar-refractivity contribution in [3.63, 3.8) is 0 Å². The highest BCUT2D eigenvalue weighted by Gasteiger charge is 2.53. The smallest absolute Gasteiger partial charge is 0.422 e. The van der Waals surface area contributed by atoms with Gasteiger partial charge in [0.1, 0.15) is 5.60 Å². The van der Waals surface area contributed by atoms with Gasteiger partial charge in [-0.25, -0.2) is 9.52 Å². The Bertz CT molecular complexity index is 1020. The number of nitrogens with zero attached hydrogens (tertiary/aromatic N) is 3. The summed E-state index contributed by atoms with van der Waals surface area (Å²) in [6.07, 6.45) is 2.36. The fraction of sp³-hybridized carbons (Fsp3) is 0.667. The molecule has 10 heteroatoms. The minimum absolute atomic E-state index is 0.190. The van der Waals surface area contributed by atoms with E-state index in [9.17, 15) is 18.5 Å². The SMILES string of the molecule is CC(C)(C)OC(=O)NS(=O)(=O)N1CC(CC#N)(N2CCC(NC3CC3c3ccccc3)CC2)C1. The normalized spacial score (nSPS) is 25.7. The summed E-state index contributed by atoms with van der Waals surface area (Å²) >= 11 is 0. The summed E-state index contributed by atoms with van der Waals surface area (Å²) in [5.41, 5.74) is 0.0920. The molecular formula is C24H35N5O4S. The zero-order chi connectivity index (χ0) is 24.6. The third-order valence-electron chi connectivity index (χ3n) is 6.93. The van der Waals surface area contributed by atoms with Crippen molar-refractivity contribution in [1.82, 2.24) is 19.2 Å². The molecule has 2 atom stereocenters. The maximum Gasteiger partial charge on any atom is 0.422 e. The molecule has 2 N–H and O–H groups in total. The molecule has 1 aromatic carbocycles. The second-order valence-corrected chi connectivity index (χ2v) is 12.4. The predicted molar refractivity (Wildman–Crippen MR) is 128 cm³/mol. The molecule has 2 saturated heterocycles. The van der Waals surface area contributed by atoms with Crippen LogP contribution < -0.4 is 10.0 Å². The van der Waals surface area contributed by atoms with Gasteiger partial charge in [0.2, 0.25) is 0 Å². The number of carbonyl (C=O) groups excluding carboxylic acids is 1. The van der Waals surface area contributed by atoms with Gasteiger partial charge >= 0.3 is 16.3 Å². The van der Waals surface area contributed by atoms with Crippen LogP contribution in [0.15, 0.2) is 30.3 Å². The molecule has 3 fully saturated rings. The van der Waals surface area contributed by atoms with Crippen LogP contribution in [0.1, 0.15) is 57.9 Å². The summed E-state index contributed by atoms with van der Waals surface area (Å²) < 4.78 is 33.5. The molecule has 1 aliphatic carbocycles. The third-order valence-corrected chi connectivity index (χ3v) is 8.30. The monoisotopic (exact) mass is 489 g/mol. The molecule has 0 aromatic heterocycles. The quantitative estimate of drug-likeness (QED) is 0.604. The van der Waals surface area contributed by atoms with E-state index in [1.165, 1.54) is 16.3 Å². The highest BCUT2D eigenvalue weighted by atomic mass is 32.2. The highest BCUT2D eigenvalue weighted by molar-refractivity contribution is 7.87. The molecule has 2 aliphatic heterocycles. The number of nitrogens with one attached hydrogen (secondary N) is 2. The lowest BCUT2D eigenvalue weighted by molar-refractivity contribution is -0.0263. The van der Waals surface area contributed by atoms with Crippen molar-refractivity contribution in [2.24, 2.45) is 0 Å². The summed E-state index contributed by atoms with van der Waals surface area (Å²) in [6.45, 7) is 7.02. The Morgan fingerprint density at radius 3 is 2.44 bits per heavy atom. The average Bonchev–Trinajstić information content (AvgIpc) is 3.49. The van der Waals surface area contributed by atoms with Crippen molar-refractivity contribution in [3.8, 4) is 6.07 Å². The summed E-state index contributed by atoms with van der Waals surface area (Å²) in [5, 5.41) is 13.2. The van der Waals surface area contributed by atoms with E-state index in [1.807, 2.05) is 10.8 Å². The molecule has 2 heterocycles. The molecule has 1 amide bonds. The van der Waals surface area contributed by atoms with Crippen LogP contribution in [0.4, 0.5) is 4.79 Å². The molecule has 1 aromatic rings. The average molecular weight is 490 g/mol. The van der Waals surface area contributed by atoms with E-state index in [2.05, 4.69) is 40.6 Å². The molecule has 1 saturated carbocycles. The molecule has 9 nitrogen and oxygen atoms in total. The zero-order valence-electron chi connectivity index (χ0n) is 20.2. The van der Waals surface area contributed by atoms with Crippen molar-refractivity contribution in [2.45, 2.75) is 75.6 Å². The van der Waals surface area contributed by atoms with Gasteiger partial charge in [0.25, 0.3) is 0 Å². The van der Waals surface area contributed by atoms with E-state index in [4.69, 9.17) is 4.74 Å². The topological polar surface area (TPSA) is 115 Å². The van der Waals surface area contributed by atoms with Gasteiger partial charge in [-0.1, -0.05) is 30.3 Å². The van der Waals surface area contributed by atoms with Crippen LogP contribution >= 0.6 is 0 Å². The predicted octanol–water partition coefficient (Wildman–Crippen LogP) is 2.33. The maximum absolute atomic E-state index is 12.6. The lowest BCUT2D eigenvalue weighted by atomic mass is 9.84. The number of ether oxygens (including phenoxy) is 1. The number of hydrogen-bond acceptors (Lipinski definition) is 7. The molecule has 2 unspecified atom stereocenters. The van der Waals surface area contributed by atoms with E-state index in [-0.39, 0.29) is 19.5 Å². The number of amides is 1. The van der Waals surface area contributed by atoms with Crippen LogP contribution in [-0.4, -0.2) is 73.1 Å². The number of hydrogen-bond donors (Lipinski definition) is 2. The number of nitriles is 1. The van der Waals surface area contributed by atoms with Gasteiger partial charge in [-0.05, 0) is 45.6 Å². The number of carbonyl (C=O) groups is 1. The zero-order valence-corrected chi connectivity index (χ0v) is 21.0. The molecule has 4 rings (SSSR count). The Balaban J connectivity index is 1.27. The fourth-order valence-corrected chi connectivity index (χ4v) is 6.29. The van der Waals surface area contributed by atoms with Gasteiger partial charge in [0.15, 0.2) is 0 Å². The Hall–Kier alpha value is -2.19. The largest absolute Gasteiger partial charge is 0.443 e. The van der Waals surface area contributed by atoms with Gasteiger partial charge in [-0.15, -0.1) is 0 Å². The van der Waals surface area contributed by atoms with Gasteiger partial charge in [0.05, 0.1) is 18.0 Å². The number of piperidine rings is 1. The summed E-state index contributed by atoms with van der Waals surface area (Å²) in [5.74, 6) is 0.590. The van der Waals surface area contributed by atoms with Gasteiger partial charge in [0, 0.05) is 44.2 Å². The van der Waals surface area contributed by atoms with E-state index in [0.717, 1.165) is 25.9 Å². The molecule has 0 radical (unpaired) electrons. The molecule has 3 aliphatic rings. The molecular weight excluding hydrogens is 454 g/mol. The van der Waals surface area contributed by atoms with E-state index >= 15 is 0 Å². The summed E-state index contributed by atoms with van der Waals surface area (Å²) in [6, 6.07) is 13.8. The Labute approximate surface area is 202 Å². The van der Waals surface area contributed by atoms with Crippen molar-refractivity contribution in [1.29, 1.82) is 5.26 Å². The lowest BCUT2D eigenvalue weighted by Gasteiger charge is -2.55. The first-order valence-electron chi connectivity index (χ1n) is 12.0. The van der Waals surface area contributed by atoms with Crippen LogP contribution in [-0.2, 0) is 14.9 Å². The van der Waals surface area contributed by atoms with Crippen LogP contribution in [0.5, 0.6) is 0 Å². The van der Waals surface area contributed by atoms with Crippen molar-refractivity contribution >= 4 is 16.3 Å². The second-order valence-electron chi connectivity index (χ2n) is 10.7. The van der Waals surface area contributed by atoms with Gasteiger partial charge in [-0.3, -0.25) is 4.90 Å². The number of benzene rings is 1. The second kappa shape index (κ2) is 9.46. The van der Waals surface area contributed by atoms with E-state index in [1.54, 1.807) is 20.8 Å². The Morgan fingerprint density at radius 1 is 1.21 bits per heavy atom. The summed E-state index contributed by atoms with van der Waals surface area (Å²) in [4.78, 5) is 14.2. The highest BCUT2D eigenvalue weighted by Crippen LogP contribution is 2.42. The maximum atomic E-state index is 12.6. The molecule has 186 valence electrons. The Kier molecular flexibility index (Phi) is 6.93. The van der Waals surface area contributed by atoms with E-state index < -0.39 is 27.4 Å². The minimum atomic E-state index is -4.01. The first-order valence-corrected chi connectivity index (χ1v) is 13.4. The van der Waals surface area contributed by atoms with Crippen LogP contribution in [0.3, 0.4) is 0 Å². The minimum Gasteiger partial charge on any atom is -0.443 e. The van der Waals surface area contributed by atoms with Crippen molar-refractivity contribution < 1.29 is 17.9 Å². The fourth-order valence-electron chi connectivity index (χ4n) is 5.09. The van der Waals surface area contributed by atoms with Gasteiger partial charge in [-0.2, -0.15) is 18.0 Å². The first kappa shape index (κ1) is 24.9. The number of rotatable bonds is 7. The van der Waals surface area contributed by atoms with Crippen molar-refractivity contribution in [3.05, 3.63) is 35.9 Å². The molecule has 34 heavy (non-hydrogen) atoms. The van der Waals surface area contributed by atoms with Crippen LogP contribution in [0.2, 0.25) is 0 Å². The standard InChI is InChI=1S/C24H35N5O4S/c1-23(2,3)33-22(30)27-34(31,32)29-16-24(17-29,11-12-25)28-13-9-19(10-14-28)26-21-15-20(21)18-7-5-4-6-8-18/h4-8,19-21,26H,9-11,13-17H2,1-3H3,(H,27,30). The number of likely N-dealkylation sites (tertiary alicyclic amines) is 1. The third kappa shape index (κ3) is 5.71. The molecule has 0 spiro atoms. The van der Waals surface area contributed by atoms with Crippen LogP contribution in [0.25, 0.3) is 0 Å². The Morgan fingerprint density at radius 2 is 1.85 bits per heavy atom. The van der Waals surface area contributed by atoms with E-state index in [0.29, 0.717) is 18.0 Å². The van der Waals surface area contributed by atoms with Crippen molar-refractivity contribution in [2.75, 3.05) is 26.2 Å². The molecule has 0 bridgehead atoms. The first-order chi connectivity index (χ1) is 16.0. The van der Waals surface area contributed by atoms with Gasteiger partial charge < -0.3 is 10.1 Å². The summed E-state index contributed by atoms with van der Waals surface area (Å²) in [7, 11) is -4.01. The van der Waals surface area contributed by atoms with Crippen LogP contribution in [0, 0.1) is 11.3 Å².